The summed E-state index contributed by atoms with van der Waals surface area (Å²) in [7, 11) is 0. The Kier molecular flexibility index (Phi) is 6.63. The lowest BCUT2D eigenvalue weighted by Crippen LogP contribution is -2.44. The van der Waals surface area contributed by atoms with Crippen molar-refractivity contribution in [1.82, 2.24) is 9.80 Å². The van der Waals surface area contributed by atoms with Crippen molar-refractivity contribution < 1.29 is 23.9 Å². The molecule has 3 aliphatic rings. The molecule has 7 nitrogen and oxygen atoms in total. The number of hydrogen-bond acceptors (Lipinski definition) is 6. The minimum atomic E-state index is -0.525. The van der Waals surface area contributed by atoms with Crippen LogP contribution >= 0.6 is 0 Å². The Morgan fingerprint density at radius 2 is 1.74 bits per heavy atom. The van der Waals surface area contributed by atoms with Crippen LogP contribution in [0.25, 0.3) is 0 Å². The van der Waals surface area contributed by atoms with E-state index in [9.17, 15) is 14.4 Å². The van der Waals surface area contributed by atoms with Crippen LogP contribution in [0.1, 0.15) is 53.6 Å². The second-order valence-corrected chi connectivity index (χ2v) is 9.28. The highest BCUT2D eigenvalue weighted by Crippen LogP contribution is 2.34. The molecule has 2 aliphatic heterocycles. The third-order valence-corrected chi connectivity index (χ3v) is 6.96. The van der Waals surface area contributed by atoms with Gasteiger partial charge in [0.2, 0.25) is 0 Å². The van der Waals surface area contributed by atoms with Crippen molar-refractivity contribution in [3.8, 4) is 11.5 Å². The fourth-order valence-electron chi connectivity index (χ4n) is 5.04. The Labute approximate surface area is 199 Å². The summed E-state index contributed by atoms with van der Waals surface area (Å²) in [5.74, 6) is 1.13. The summed E-state index contributed by atoms with van der Waals surface area (Å²) >= 11 is 0. The highest BCUT2D eigenvalue weighted by molar-refractivity contribution is 6.07. The molecule has 34 heavy (non-hydrogen) atoms. The summed E-state index contributed by atoms with van der Waals surface area (Å²) < 4.78 is 12.0. The molecule has 1 atom stereocenters. The number of ether oxygens (including phenoxy) is 2. The Bertz CT molecular complexity index is 1070. The van der Waals surface area contributed by atoms with Gasteiger partial charge in [-0.15, -0.1) is 0 Å². The number of hydrogen-bond donors (Lipinski definition) is 0. The number of Topliss-reactive ketones (excluding diaryl/α,β-unsaturated/α-hetero) is 2. The normalized spacial score (nSPS) is 20.6. The van der Waals surface area contributed by atoms with E-state index in [0.717, 1.165) is 23.4 Å². The van der Waals surface area contributed by atoms with E-state index in [-0.39, 0.29) is 23.9 Å². The number of amides is 1. The van der Waals surface area contributed by atoms with Crippen LogP contribution in [0.4, 0.5) is 0 Å². The SMILES string of the molecule is O=C1CCC(N2Cc3c(OCc4ccc(OCCN5CCCC5)cc4)cccc3C2=O)C(=O)C1. The molecule has 2 aromatic carbocycles. The Morgan fingerprint density at radius 1 is 0.941 bits per heavy atom. The third-order valence-electron chi connectivity index (χ3n) is 6.96. The van der Waals surface area contributed by atoms with Crippen molar-refractivity contribution in [3.63, 3.8) is 0 Å². The van der Waals surface area contributed by atoms with Gasteiger partial charge in [0, 0.05) is 24.1 Å². The molecule has 0 radical (unpaired) electrons. The number of likely N-dealkylation sites (tertiary alicyclic amines) is 1. The van der Waals surface area contributed by atoms with Gasteiger partial charge in [-0.25, -0.2) is 0 Å². The molecule has 1 amide bonds. The summed E-state index contributed by atoms with van der Waals surface area (Å²) in [6, 6.07) is 12.8. The molecular weight excluding hydrogens is 432 g/mol. The summed E-state index contributed by atoms with van der Waals surface area (Å²) in [4.78, 5) is 41.0. The largest absolute Gasteiger partial charge is 0.492 e. The first-order valence-corrected chi connectivity index (χ1v) is 12.1. The van der Waals surface area contributed by atoms with Crippen molar-refractivity contribution >= 4 is 17.5 Å². The fourth-order valence-corrected chi connectivity index (χ4v) is 5.04. The molecule has 0 N–H and O–H groups in total. The second kappa shape index (κ2) is 9.97. The predicted octanol–water partition coefficient (Wildman–Crippen LogP) is 3.39. The fraction of sp³-hybridized carbons (Fsp3) is 0.444. The number of benzene rings is 2. The second-order valence-electron chi connectivity index (χ2n) is 9.28. The van der Waals surface area contributed by atoms with Crippen LogP contribution in [-0.4, -0.2) is 59.6 Å². The van der Waals surface area contributed by atoms with Gasteiger partial charge in [-0.2, -0.15) is 0 Å². The van der Waals surface area contributed by atoms with Gasteiger partial charge in [0.25, 0.3) is 5.91 Å². The van der Waals surface area contributed by atoms with Crippen molar-refractivity contribution in [3.05, 3.63) is 59.2 Å². The van der Waals surface area contributed by atoms with Crippen LogP contribution < -0.4 is 9.47 Å². The molecule has 0 aromatic heterocycles. The maximum Gasteiger partial charge on any atom is 0.255 e. The van der Waals surface area contributed by atoms with Crippen LogP contribution in [0.15, 0.2) is 42.5 Å². The van der Waals surface area contributed by atoms with Gasteiger partial charge in [0.1, 0.15) is 30.5 Å². The van der Waals surface area contributed by atoms with Gasteiger partial charge in [-0.3, -0.25) is 19.3 Å². The third kappa shape index (κ3) is 4.85. The first-order valence-electron chi connectivity index (χ1n) is 12.1. The van der Waals surface area contributed by atoms with Crippen LogP contribution in [0.2, 0.25) is 0 Å². The van der Waals surface area contributed by atoms with Crippen molar-refractivity contribution in [1.29, 1.82) is 0 Å². The zero-order chi connectivity index (χ0) is 23.5. The number of carbonyl (C=O) groups excluding carboxylic acids is 3. The Hall–Kier alpha value is -3.19. The predicted molar refractivity (Wildman–Crippen MR) is 126 cm³/mol. The van der Waals surface area contributed by atoms with E-state index in [1.807, 2.05) is 30.3 Å². The lowest BCUT2D eigenvalue weighted by Gasteiger charge is -2.29. The van der Waals surface area contributed by atoms with Crippen LogP contribution in [0.3, 0.4) is 0 Å². The highest BCUT2D eigenvalue weighted by atomic mass is 16.5. The molecule has 1 saturated carbocycles. The van der Waals surface area contributed by atoms with Crippen LogP contribution in [0.5, 0.6) is 11.5 Å². The van der Waals surface area contributed by atoms with E-state index in [0.29, 0.717) is 43.9 Å². The number of ketones is 2. The van der Waals surface area contributed by atoms with Crippen molar-refractivity contribution in [2.75, 3.05) is 26.2 Å². The molecule has 1 unspecified atom stereocenters. The van der Waals surface area contributed by atoms with Gasteiger partial charge in [0.05, 0.1) is 19.0 Å². The number of nitrogens with zero attached hydrogens (tertiary/aromatic N) is 2. The lowest BCUT2D eigenvalue weighted by atomic mass is 9.92. The first kappa shape index (κ1) is 22.6. The van der Waals surface area contributed by atoms with E-state index in [1.54, 1.807) is 17.0 Å². The molecule has 2 aromatic rings. The van der Waals surface area contributed by atoms with Crippen molar-refractivity contribution in [2.24, 2.45) is 0 Å². The zero-order valence-electron chi connectivity index (χ0n) is 19.3. The minimum Gasteiger partial charge on any atom is -0.492 e. The van der Waals surface area contributed by atoms with Gasteiger partial charge >= 0.3 is 0 Å². The molecule has 5 rings (SSSR count). The summed E-state index contributed by atoms with van der Waals surface area (Å²) in [5, 5.41) is 0. The van der Waals surface area contributed by atoms with Gasteiger partial charge < -0.3 is 14.4 Å². The first-order chi connectivity index (χ1) is 16.6. The smallest absolute Gasteiger partial charge is 0.255 e. The van der Waals surface area contributed by atoms with E-state index in [1.165, 1.54) is 25.9 Å². The van der Waals surface area contributed by atoms with E-state index >= 15 is 0 Å². The number of fused-ring (bicyclic) bond motifs is 1. The molecule has 0 spiro atoms. The van der Waals surface area contributed by atoms with E-state index < -0.39 is 6.04 Å². The molecule has 178 valence electrons. The van der Waals surface area contributed by atoms with Gasteiger partial charge in [0.15, 0.2) is 5.78 Å². The molecule has 2 fully saturated rings. The summed E-state index contributed by atoms with van der Waals surface area (Å²) in [5.41, 5.74) is 2.38. The van der Waals surface area contributed by atoms with Crippen molar-refractivity contribution in [2.45, 2.75) is 51.3 Å². The maximum atomic E-state index is 13.0. The van der Waals surface area contributed by atoms with Crippen LogP contribution in [-0.2, 0) is 22.7 Å². The standard InChI is InChI=1S/C27H30N2O5/c30-20-8-11-24(25(31)16-20)29-17-23-22(27(29)32)4-3-5-26(23)34-18-19-6-9-21(10-7-19)33-15-14-28-12-1-2-13-28/h3-7,9-10,24H,1-2,8,11-18H2. The molecule has 0 bridgehead atoms. The molecular formula is C27H30N2O5. The topological polar surface area (TPSA) is 76.2 Å². The van der Waals surface area contributed by atoms with Gasteiger partial charge in [-0.1, -0.05) is 18.2 Å². The Morgan fingerprint density at radius 3 is 2.50 bits per heavy atom. The van der Waals surface area contributed by atoms with Gasteiger partial charge in [-0.05, 0) is 62.2 Å². The monoisotopic (exact) mass is 462 g/mol. The number of rotatable bonds is 8. The summed E-state index contributed by atoms with van der Waals surface area (Å²) in [6.07, 6.45) is 3.24. The molecule has 7 heteroatoms. The molecule has 2 heterocycles. The highest BCUT2D eigenvalue weighted by Gasteiger charge is 2.39. The number of carbonyl (C=O) groups is 3. The Balaban J connectivity index is 1.18. The lowest BCUT2D eigenvalue weighted by molar-refractivity contribution is -0.133. The summed E-state index contributed by atoms with van der Waals surface area (Å²) in [6.45, 7) is 4.69. The average Bonchev–Trinajstić information content (AvgIpc) is 3.47. The quantitative estimate of drug-likeness (QED) is 0.560. The molecule has 1 saturated heterocycles. The maximum absolute atomic E-state index is 13.0. The zero-order valence-corrected chi connectivity index (χ0v) is 19.3. The average molecular weight is 463 g/mol. The van der Waals surface area contributed by atoms with E-state index in [2.05, 4.69) is 4.90 Å². The minimum absolute atomic E-state index is 0.0440. The van der Waals surface area contributed by atoms with Crippen LogP contribution in [0, 0.1) is 0 Å². The molecule has 1 aliphatic carbocycles. The van der Waals surface area contributed by atoms with E-state index in [4.69, 9.17) is 9.47 Å².